The molecule has 0 bridgehead atoms. The third-order valence-electron chi connectivity index (χ3n) is 9.36. The van der Waals surface area contributed by atoms with E-state index in [9.17, 15) is 0 Å². The van der Waals surface area contributed by atoms with Crippen molar-refractivity contribution in [2.45, 2.75) is 72.0 Å². The summed E-state index contributed by atoms with van der Waals surface area (Å²) in [5, 5.41) is 6.71. The fourth-order valence-corrected chi connectivity index (χ4v) is 7.88. The van der Waals surface area contributed by atoms with Crippen LogP contribution in [-0.2, 0) is 10.8 Å². The Balaban J connectivity index is 1.57. The minimum Gasteiger partial charge on any atom is -0.309 e. The Labute approximate surface area is 263 Å². The zero-order chi connectivity index (χ0) is 31.2. The SMILES string of the molecule is CC(C)(C)c1ccc2c(c1)c1ccccc1n2-c1cc(-n2c3ccccc3c3cc(C(C)(C)C)ccc32)cc([Si](C)(C)C)c1. The molecule has 2 aromatic heterocycles. The van der Waals surface area contributed by atoms with Gasteiger partial charge in [-0.05, 0) is 76.6 Å². The first-order valence-corrected chi connectivity index (χ1v) is 19.5. The summed E-state index contributed by atoms with van der Waals surface area (Å²) in [6.45, 7) is 21.2. The van der Waals surface area contributed by atoms with Gasteiger partial charge in [0.2, 0.25) is 0 Å². The van der Waals surface area contributed by atoms with Gasteiger partial charge in [-0.15, -0.1) is 0 Å². The van der Waals surface area contributed by atoms with Gasteiger partial charge < -0.3 is 9.13 Å². The fraction of sp³-hybridized carbons (Fsp3) is 0.268. The second-order valence-electron chi connectivity index (χ2n) is 15.7. The lowest BCUT2D eigenvalue weighted by Crippen LogP contribution is -2.38. The van der Waals surface area contributed by atoms with Crippen molar-refractivity contribution in [3.63, 3.8) is 0 Å². The molecule has 2 heterocycles. The minimum atomic E-state index is -1.69. The first-order valence-electron chi connectivity index (χ1n) is 16.0. The summed E-state index contributed by atoms with van der Waals surface area (Å²) in [7, 11) is -1.69. The van der Waals surface area contributed by atoms with E-state index in [4.69, 9.17) is 0 Å². The molecule has 0 unspecified atom stereocenters. The maximum absolute atomic E-state index is 2.50. The summed E-state index contributed by atoms with van der Waals surface area (Å²) in [6.07, 6.45) is 0. The summed E-state index contributed by atoms with van der Waals surface area (Å²) in [6, 6.07) is 39.3. The molecule has 0 aliphatic heterocycles. The Hall–Kier alpha value is -4.08. The number of rotatable bonds is 3. The smallest absolute Gasteiger partial charge is 0.0777 e. The summed E-state index contributed by atoms with van der Waals surface area (Å²) in [4.78, 5) is 0. The number of hydrogen-bond donors (Lipinski definition) is 0. The molecule has 222 valence electrons. The third-order valence-corrected chi connectivity index (χ3v) is 11.4. The molecule has 0 atom stereocenters. The van der Waals surface area contributed by atoms with Crippen molar-refractivity contribution in [3.8, 4) is 11.4 Å². The molecule has 7 rings (SSSR count). The maximum atomic E-state index is 2.50. The van der Waals surface area contributed by atoms with Crippen LogP contribution in [-0.4, -0.2) is 17.2 Å². The van der Waals surface area contributed by atoms with E-state index in [1.165, 1.54) is 71.3 Å². The monoisotopic (exact) mass is 592 g/mol. The van der Waals surface area contributed by atoms with Crippen LogP contribution in [0.3, 0.4) is 0 Å². The second kappa shape index (κ2) is 9.71. The van der Waals surface area contributed by atoms with Gasteiger partial charge in [-0.25, -0.2) is 0 Å². The Morgan fingerprint density at radius 2 is 0.818 bits per heavy atom. The summed E-state index contributed by atoms with van der Waals surface area (Å²) < 4.78 is 4.99. The predicted molar refractivity (Wildman–Crippen MR) is 195 cm³/mol. The first kappa shape index (κ1) is 28.7. The van der Waals surface area contributed by atoms with Crippen LogP contribution in [0.4, 0.5) is 0 Å². The summed E-state index contributed by atoms with van der Waals surface area (Å²) in [5.74, 6) is 0. The molecule has 5 aromatic carbocycles. The Bertz CT molecular complexity index is 2070. The zero-order valence-electron chi connectivity index (χ0n) is 27.7. The molecule has 0 spiro atoms. The van der Waals surface area contributed by atoms with Crippen LogP contribution in [0, 0.1) is 0 Å². The fourth-order valence-electron chi connectivity index (χ4n) is 6.72. The lowest BCUT2D eigenvalue weighted by atomic mass is 9.86. The molecular formula is C41H44N2Si. The van der Waals surface area contributed by atoms with Gasteiger partial charge in [-0.3, -0.25) is 0 Å². The van der Waals surface area contributed by atoms with Gasteiger partial charge in [0, 0.05) is 32.9 Å². The standard InChI is InChI=1S/C41H44N2Si/c1-40(2,3)27-18-20-38-34(22-27)32-14-10-12-16-36(32)42(38)29-24-30(26-31(25-29)44(7,8)9)43-37-17-13-11-15-33(37)35-23-28(41(4,5)6)19-21-39(35)43/h10-26H,1-9H3. The lowest BCUT2D eigenvalue weighted by molar-refractivity contribution is 0.591. The second-order valence-corrected chi connectivity index (χ2v) is 20.7. The van der Waals surface area contributed by atoms with Crippen molar-refractivity contribution < 1.29 is 0 Å². The van der Waals surface area contributed by atoms with E-state index in [0.717, 1.165) is 0 Å². The number of para-hydroxylation sites is 2. The number of benzene rings is 5. The average molecular weight is 593 g/mol. The Kier molecular flexibility index (Phi) is 6.33. The normalized spacial score (nSPS) is 13.1. The van der Waals surface area contributed by atoms with Crippen LogP contribution < -0.4 is 5.19 Å². The summed E-state index contributed by atoms with van der Waals surface area (Å²) in [5.41, 5.74) is 10.4. The van der Waals surface area contributed by atoms with Crippen molar-refractivity contribution in [2.24, 2.45) is 0 Å². The first-order chi connectivity index (χ1) is 20.7. The van der Waals surface area contributed by atoms with Crippen LogP contribution in [0.25, 0.3) is 55.0 Å². The average Bonchev–Trinajstić information content (AvgIpc) is 3.48. The Morgan fingerprint density at radius 3 is 1.20 bits per heavy atom. The van der Waals surface area contributed by atoms with Gasteiger partial charge in [-0.1, -0.05) is 115 Å². The molecule has 7 aromatic rings. The highest BCUT2D eigenvalue weighted by molar-refractivity contribution is 6.88. The van der Waals surface area contributed by atoms with Crippen LogP contribution in [0.2, 0.25) is 19.6 Å². The quantitative estimate of drug-likeness (QED) is 0.181. The number of hydrogen-bond acceptors (Lipinski definition) is 0. The molecule has 3 heteroatoms. The molecule has 0 fully saturated rings. The van der Waals surface area contributed by atoms with E-state index in [0.29, 0.717) is 0 Å². The maximum Gasteiger partial charge on any atom is 0.0777 e. The van der Waals surface area contributed by atoms with Gasteiger partial charge in [0.25, 0.3) is 0 Å². The van der Waals surface area contributed by atoms with Gasteiger partial charge in [-0.2, -0.15) is 0 Å². The van der Waals surface area contributed by atoms with Gasteiger partial charge in [0.1, 0.15) is 0 Å². The van der Waals surface area contributed by atoms with E-state index in [2.05, 4.69) is 173 Å². The van der Waals surface area contributed by atoms with E-state index in [-0.39, 0.29) is 10.8 Å². The van der Waals surface area contributed by atoms with E-state index < -0.39 is 8.07 Å². The highest BCUT2D eigenvalue weighted by Crippen LogP contribution is 2.38. The molecule has 0 amide bonds. The molecule has 0 radical (unpaired) electrons. The predicted octanol–water partition coefficient (Wildman–Crippen LogP) is 11.0. The van der Waals surface area contributed by atoms with Crippen molar-refractivity contribution in [2.75, 3.05) is 0 Å². The number of aromatic nitrogens is 2. The van der Waals surface area contributed by atoms with E-state index in [1.54, 1.807) is 0 Å². The van der Waals surface area contributed by atoms with Crippen molar-refractivity contribution in [1.29, 1.82) is 0 Å². The summed E-state index contributed by atoms with van der Waals surface area (Å²) >= 11 is 0. The van der Waals surface area contributed by atoms with E-state index >= 15 is 0 Å². The van der Waals surface area contributed by atoms with Gasteiger partial charge in [0.15, 0.2) is 0 Å². The van der Waals surface area contributed by atoms with E-state index in [1.807, 2.05) is 0 Å². The molecule has 0 saturated heterocycles. The molecule has 0 aliphatic rings. The van der Waals surface area contributed by atoms with Crippen molar-refractivity contribution in [3.05, 3.63) is 114 Å². The number of nitrogens with zero attached hydrogens (tertiary/aromatic N) is 2. The minimum absolute atomic E-state index is 0.0890. The zero-order valence-corrected chi connectivity index (χ0v) is 28.7. The largest absolute Gasteiger partial charge is 0.309 e. The van der Waals surface area contributed by atoms with Crippen LogP contribution in [0.5, 0.6) is 0 Å². The topological polar surface area (TPSA) is 9.86 Å². The van der Waals surface area contributed by atoms with Gasteiger partial charge >= 0.3 is 0 Å². The van der Waals surface area contributed by atoms with Crippen molar-refractivity contribution in [1.82, 2.24) is 9.13 Å². The Morgan fingerprint density at radius 1 is 0.432 bits per heavy atom. The van der Waals surface area contributed by atoms with Gasteiger partial charge in [0.05, 0.1) is 30.1 Å². The number of fused-ring (bicyclic) bond motifs is 6. The molecule has 0 N–H and O–H groups in total. The molecule has 0 aliphatic carbocycles. The third kappa shape index (κ3) is 4.61. The lowest BCUT2D eigenvalue weighted by Gasteiger charge is -2.22. The molecule has 44 heavy (non-hydrogen) atoms. The van der Waals surface area contributed by atoms with Crippen LogP contribution in [0.1, 0.15) is 52.7 Å². The van der Waals surface area contributed by atoms with Crippen LogP contribution in [0.15, 0.2) is 103 Å². The van der Waals surface area contributed by atoms with Crippen LogP contribution >= 0.6 is 0 Å². The highest BCUT2D eigenvalue weighted by Gasteiger charge is 2.24. The molecule has 0 saturated carbocycles. The highest BCUT2D eigenvalue weighted by atomic mass is 28.3. The molecule has 2 nitrogen and oxygen atoms in total. The van der Waals surface area contributed by atoms with Crippen molar-refractivity contribution >= 4 is 56.9 Å². The molecular weight excluding hydrogens is 549 g/mol.